The van der Waals surface area contributed by atoms with Crippen LogP contribution in [0.1, 0.15) is 52.4 Å². The third kappa shape index (κ3) is 2.42. The second-order valence-corrected chi connectivity index (χ2v) is 8.76. The van der Waals surface area contributed by atoms with Gasteiger partial charge in [-0.15, -0.1) is 6.42 Å². The molecule has 0 amide bonds. The Balaban J connectivity index is 1.75. The van der Waals surface area contributed by atoms with Gasteiger partial charge in [0.25, 0.3) is 0 Å². The van der Waals surface area contributed by atoms with E-state index >= 15 is 0 Å². The maximum Gasteiger partial charge on any atom is 0.304 e. The topological polar surface area (TPSA) is 43.4 Å². The van der Waals surface area contributed by atoms with Crippen LogP contribution in [0.5, 0.6) is 0 Å². The van der Waals surface area contributed by atoms with Gasteiger partial charge in [-0.2, -0.15) is 0 Å². The van der Waals surface area contributed by atoms with Crippen molar-refractivity contribution < 1.29 is 14.3 Å². The molecular formula is C24H28O3. The Morgan fingerprint density at radius 2 is 2.19 bits per heavy atom. The molecule has 0 heterocycles. The van der Waals surface area contributed by atoms with E-state index in [9.17, 15) is 9.59 Å². The third-order valence-corrected chi connectivity index (χ3v) is 7.73. The van der Waals surface area contributed by atoms with Crippen LogP contribution in [-0.4, -0.2) is 17.4 Å². The van der Waals surface area contributed by atoms with Crippen LogP contribution in [0.3, 0.4) is 0 Å². The first-order chi connectivity index (χ1) is 12.9. The van der Waals surface area contributed by atoms with E-state index in [0.29, 0.717) is 24.2 Å². The Hall–Kier alpha value is -2.08. The molecular weight excluding hydrogens is 336 g/mol. The summed E-state index contributed by atoms with van der Waals surface area (Å²) in [5, 5.41) is 0. The number of fused-ring (bicyclic) bond motifs is 5. The van der Waals surface area contributed by atoms with Crippen molar-refractivity contribution in [1.82, 2.24) is 0 Å². The molecule has 0 unspecified atom stereocenters. The van der Waals surface area contributed by atoms with Gasteiger partial charge in [0.05, 0.1) is 0 Å². The van der Waals surface area contributed by atoms with E-state index in [0.717, 1.165) is 32.1 Å². The molecule has 142 valence electrons. The number of hydrogen-bond acceptors (Lipinski definition) is 3. The number of carbonyl (C=O) groups is 2. The average Bonchev–Trinajstić information content (AvgIpc) is 2.95. The standard InChI is InChI=1S/C24H28O3/c1-5-23-14-15(3)22-19-10-8-18(26)13-17(19)7-9-20(22)21(23)11-12-24(23,6-2)27-16(4)25/h2,11-13,19-22H,3,5,7-10,14H2,1,4H3/t19-,20-,21-,22+,23-,24-/m0/s1. The van der Waals surface area contributed by atoms with Gasteiger partial charge in [-0.1, -0.05) is 36.6 Å². The largest absolute Gasteiger partial charge is 0.442 e. The van der Waals surface area contributed by atoms with Crippen LogP contribution in [0, 0.1) is 41.4 Å². The zero-order valence-electron chi connectivity index (χ0n) is 16.3. The number of rotatable bonds is 2. The van der Waals surface area contributed by atoms with Gasteiger partial charge >= 0.3 is 5.97 Å². The molecule has 2 fully saturated rings. The number of ketones is 1. The maximum atomic E-state index is 11.9. The Kier molecular flexibility index (Phi) is 4.22. The summed E-state index contributed by atoms with van der Waals surface area (Å²) >= 11 is 0. The molecule has 3 nitrogen and oxygen atoms in total. The van der Waals surface area contributed by atoms with E-state index in [2.05, 4.69) is 25.5 Å². The average molecular weight is 364 g/mol. The molecule has 0 aromatic heterocycles. The lowest BCUT2D eigenvalue weighted by molar-refractivity contribution is -0.163. The molecule has 4 aliphatic rings. The van der Waals surface area contributed by atoms with Gasteiger partial charge in [0, 0.05) is 18.8 Å². The van der Waals surface area contributed by atoms with Gasteiger partial charge in [0.1, 0.15) is 0 Å². The van der Waals surface area contributed by atoms with Crippen molar-refractivity contribution in [3.8, 4) is 12.3 Å². The summed E-state index contributed by atoms with van der Waals surface area (Å²) in [6.07, 6.45) is 17.3. The molecule has 27 heavy (non-hydrogen) atoms. The van der Waals surface area contributed by atoms with Gasteiger partial charge in [0.2, 0.25) is 0 Å². The highest BCUT2D eigenvalue weighted by Crippen LogP contribution is 2.65. The third-order valence-electron chi connectivity index (χ3n) is 7.73. The minimum atomic E-state index is -0.981. The van der Waals surface area contributed by atoms with Gasteiger partial charge in [-0.25, -0.2) is 0 Å². The van der Waals surface area contributed by atoms with Crippen LogP contribution in [0.15, 0.2) is 36.0 Å². The van der Waals surface area contributed by atoms with Crippen molar-refractivity contribution in [2.24, 2.45) is 29.1 Å². The van der Waals surface area contributed by atoms with Gasteiger partial charge in [-0.3, -0.25) is 9.59 Å². The van der Waals surface area contributed by atoms with Crippen molar-refractivity contribution >= 4 is 11.8 Å². The van der Waals surface area contributed by atoms with Crippen LogP contribution in [0.25, 0.3) is 0 Å². The minimum Gasteiger partial charge on any atom is -0.442 e. The minimum absolute atomic E-state index is 0.269. The molecule has 0 N–H and O–H groups in total. The van der Waals surface area contributed by atoms with E-state index in [4.69, 9.17) is 11.2 Å². The fourth-order valence-electron chi connectivity index (χ4n) is 6.71. The van der Waals surface area contributed by atoms with E-state index in [1.807, 2.05) is 12.2 Å². The Morgan fingerprint density at radius 1 is 1.41 bits per heavy atom. The summed E-state index contributed by atoms with van der Waals surface area (Å²) in [6, 6.07) is 0. The molecule has 0 radical (unpaired) electrons. The van der Waals surface area contributed by atoms with Crippen LogP contribution >= 0.6 is 0 Å². The number of ether oxygens (including phenoxy) is 1. The first-order valence-corrected chi connectivity index (χ1v) is 10.1. The summed E-state index contributed by atoms with van der Waals surface area (Å²) in [7, 11) is 0. The zero-order chi connectivity index (χ0) is 19.4. The van der Waals surface area contributed by atoms with Crippen molar-refractivity contribution in [2.45, 2.75) is 58.0 Å². The molecule has 6 atom stereocenters. The quantitative estimate of drug-likeness (QED) is 0.414. The van der Waals surface area contributed by atoms with E-state index in [-0.39, 0.29) is 23.1 Å². The molecule has 3 heteroatoms. The lowest BCUT2D eigenvalue weighted by atomic mass is 9.48. The molecule has 2 saturated carbocycles. The second kappa shape index (κ2) is 6.23. The Morgan fingerprint density at radius 3 is 2.85 bits per heavy atom. The highest BCUT2D eigenvalue weighted by atomic mass is 16.6. The van der Waals surface area contributed by atoms with E-state index in [1.165, 1.54) is 18.1 Å². The summed E-state index contributed by atoms with van der Waals surface area (Å²) in [6.45, 7) is 8.07. The number of carbonyl (C=O) groups excluding carboxylic acids is 2. The number of allylic oxidation sites excluding steroid dienone is 4. The first-order valence-electron chi connectivity index (χ1n) is 10.1. The van der Waals surface area contributed by atoms with Crippen molar-refractivity contribution in [1.29, 1.82) is 0 Å². The first kappa shape index (κ1) is 18.3. The predicted molar refractivity (Wildman–Crippen MR) is 104 cm³/mol. The highest BCUT2D eigenvalue weighted by Gasteiger charge is 2.64. The van der Waals surface area contributed by atoms with Crippen LogP contribution in [0.2, 0.25) is 0 Å². The fourth-order valence-corrected chi connectivity index (χ4v) is 6.71. The smallest absolute Gasteiger partial charge is 0.304 e. The molecule has 4 rings (SSSR count). The molecule has 0 aliphatic heterocycles. The number of hydrogen-bond donors (Lipinski definition) is 0. The fraction of sp³-hybridized carbons (Fsp3) is 0.583. The Bertz CT molecular complexity index is 810. The summed E-state index contributed by atoms with van der Waals surface area (Å²) in [4.78, 5) is 23.8. The van der Waals surface area contributed by atoms with Crippen LogP contribution in [0.4, 0.5) is 0 Å². The molecule has 0 bridgehead atoms. The van der Waals surface area contributed by atoms with Crippen LogP contribution in [-0.2, 0) is 14.3 Å². The number of esters is 1. The van der Waals surface area contributed by atoms with Crippen molar-refractivity contribution in [3.05, 3.63) is 36.0 Å². The molecule has 4 aliphatic carbocycles. The number of terminal acetylenes is 1. The maximum absolute atomic E-state index is 11.9. The van der Waals surface area contributed by atoms with Gasteiger partial charge in [0.15, 0.2) is 11.4 Å². The summed E-state index contributed by atoms with van der Waals surface area (Å²) in [5.41, 5.74) is 1.25. The summed E-state index contributed by atoms with van der Waals surface area (Å²) in [5.74, 6) is 4.36. The summed E-state index contributed by atoms with van der Waals surface area (Å²) < 4.78 is 5.80. The van der Waals surface area contributed by atoms with Crippen LogP contribution < -0.4 is 0 Å². The van der Waals surface area contributed by atoms with Crippen molar-refractivity contribution in [2.75, 3.05) is 0 Å². The molecule has 0 saturated heterocycles. The Labute approximate surface area is 161 Å². The highest BCUT2D eigenvalue weighted by molar-refractivity contribution is 5.91. The van der Waals surface area contributed by atoms with E-state index in [1.54, 1.807) is 0 Å². The second-order valence-electron chi connectivity index (χ2n) is 8.76. The zero-order valence-corrected chi connectivity index (χ0v) is 16.3. The SMILES string of the molecule is C#C[C@]1(OC(C)=O)C=C[C@H]2[C@@H]3CCC4=CC(=O)CC[C@@H]4[C@H]3C(=C)C[C@@]21CC. The lowest BCUT2D eigenvalue weighted by Crippen LogP contribution is -2.56. The van der Waals surface area contributed by atoms with Crippen molar-refractivity contribution in [3.63, 3.8) is 0 Å². The molecule has 0 aromatic carbocycles. The lowest BCUT2D eigenvalue weighted by Gasteiger charge is -2.57. The van der Waals surface area contributed by atoms with Gasteiger partial charge in [-0.05, 0) is 67.9 Å². The molecule has 0 spiro atoms. The van der Waals surface area contributed by atoms with E-state index < -0.39 is 5.60 Å². The predicted octanol–water partition coefficient (Wildman–Crippen LogP) is 4.40. The normalized spacial score (nSPS) is 42.5. The molecule has 0 aromatic rings. The van der Waals surface area contributed by atoms with Gasteiger partial charge < -0.3 is 4.74 Å². The monoisotopic (exact) mass is 364 g/mol.